The molecule has 23 heavy (non-hydrogen) atoms. The number of nitriles is 2. The van der Waals surface area contributed by atoms with E-state index in [1.165, 1.54) is 32.1 Å². The maximum absolute atomic E-state index is 8.93. The second kappa shape index (κ2) is 8.19. The van der Waals surface area contributed by atoms with Crippen molar-refractivity contribution in [1.29, 1.82) is 10.5 Å². The van der Waals surface area contributed by atoms with Crippen LogP contribution in [0.2, 0.25) is 0 Å². The molecule has 0 saturated heterocycles. The molecule has 1 fully saturated rings. The quantitative estimate of drug-likeness (QED) is 0.523. The zero-order valence-electron chi connectivity index (χ0n) is 13.6. The number of benzene rings is 1. The summed E-state index contributed by atoms with van der Waals surface area (Å²) >= 11 is 0. The second-order valence-electron chi connectivity index (χ2n) is 6.19. The van der Waals surface area contributed by atoms with Crippen LogP contribution >= 0.6 is 0 Å². The Labute approximate surface area is 138 Å². The molecule has 0 aromatic heterocycles. The molecular weight excluding hydrogens is 286 g/mol. The Morgan fingerprint density at radius 2 is 1.91 bits per heavy atom. The number of aliphatic imine (C=N–C) groups is 1. The Balaban J connectivity index is 2.20. The van der Waals surface area contributed by atoms with Crippen molar-refractivity contribution >= 4 is 11.6 Å². The first kappa shape index (κ1) is 16.8. The van der Waals surface area contributed by atoms with Gasteiger partial charge in [-0.3, -0.25) is 0 Å². The van der Waals surface area contributed by atoms with Crippen LogP contribution < -0.4 is 10.6 Å². The minimum atomic E-state index is 0.156. The number of hydrogen-bond donors (Lipinski definition) is 1. The van der Waals surface area contributed by atoms with E-state index < -0.39 is 0 Å². The fraction of sp³-hybridized carbons (Fsp3) is 0.500. The van der Waals surface area contributed by atoms with Crippen molar-refractivity contribution < 1.29 is 0 Å². The molecule has 1 saturated carbocycles. The molecule has 0 amide bonds. The summed E-state index contributed by atoms with van der Waals surface area (Å²) in [6, 6.07) is 9.50. The number of nitrogens with two attached hydrogens (primary N) is 1. The zero-order chi connectivity index (χ0) is 16.7. The van der Waals surface area contributed by atoms with Gasteiger partial charge in [-0.2, -0.15) is 10.5 Å². The van der Waals surface area contributed by atoms with Gasteiger partial charge in [-0.05, 0) is 43.5 Å². The lowest BCUT2D eigenvalue weighted by atomic mass is 9.85. The largest absolute Gasteiger partial charge is 0.369 e. The summed E-state index contributed by atoms with van der Waals surface area (Å²) in [4.78, 5) is 5.62. The highest BCUT2D eigenvalue weighted by Crippen LogP contribution is 2.30. The average Bonchev–Trinajstić information content (AvgIpc) is 2.57. The molecule has 0 aliphatic heterocycles. The van der Waals surface area contributed by atoms with E-state index in [9.17, 15) is 0 Å². The predicted octanol–water partition coefficient (Wildman–Crippen LogP) is 3.52. The van der Waals surface area contributed by atoms with E-state index >= 15 is 0 Å². The van der Waals surface area contributed by atoms with Crippen LogP contribution in [0.25, 0.3) is 0 Å². The van der Waals surface area contributed by atoms with E-state index in [0.717, 1.165) is 12.1 Å². The molecule has 5 nitrogen and oxygen atoms in total. The number of hydrogen-bond acceptors (Lipinski definition) is 3. The molecule has 5 heteroatoms. The Bertz CT molecular complexity index is 614. The lowest BCUT2D eigenvalue weighted by molar-refractivity contribution is 0.323. The molecule has 0 bridgehead atoms. The molecule has 2 N–H and O–H groups in total. The Morgan fingerprint density at radius 3 is 2.48 bits per heavy atom. The SMILES string of the molecule is CC(CC1CCCCC1)N(C(N)=NC#N)c1ccc(C#N)cc1. The smallest absolute Gasteiger partial charge is 0.212 e. The van der Waals surface area contributed by atoms with Crippen molar-refractivity contribution in [1.82, 2.24) is 0 Å². The van der Waals surface area contributed by atoms with Gasteiger partial charge >= 0.3 is 0 Å². The van der Waals surface area contributed by atoms with Crippen LogP contribution in [0.15, 0.2) is 29.3 Å². The number of guanidine groups is 1. The fourth-order valence-electron chi connectivity index (χ4n) is 3.42. The molecule has 1 aliphatic rings. The van der Waals surface area contributed by atoms with Crippen molar-refractivity contribution in [2.45, 2.75) is 51.5 Å². The van der Waals surface area contributed by atoms with E-state index in [0.29, 0.717) is 11.5 Å². The molecule has 1 aliphatic carbocycles. The van der Waals surface area contributed by atoms with E-state index in [2.05, 4.69) is 18.0 Å². The van der Waals surface area contributed by atoms with E-state index in [4.69, 9.17) is 16.3 Å². The lowest BCUT2D eigenvalue weighted by Crippen LogP contribution is -2.44. The Kier molecular flexibility index (Phi) is 6.00. The Morgan fingerprint density at radius 1 is 1.26 bits per heavy atom. The van der Waals surface area contributed by atoms with Crippen molar-refractivity contribution in [2.24, 2.45) is 16.6 Å². The van der Waals surface area contributed by atoms with Gasteiger partial charge in [0.2, 0.25) is 12.2 Å². The maximum Gasteiger partial charge on any atom is 0.212 e. The predicted molar refractivity (Wildman–Crippen MR) is 91.5 cm³/mol. The highest BCUT2D eigenvalue weighted by Gasteiger charge is 2.23. The van der Waals surface area contributed by atoms with Gasteiger partial charge in [-0.1, -0.05) is 32.1 Å². The third-order valence-electron chi connectivity index (χ3n) is 4.53. The van der Waals surface area contributed by atoms with Crippen LogP contribution in [0.5, 0.6) is 0 Å². The summed E-state index contributed by atoms with van der Waals surface area (Å²) < 4.78 is 0. The van der Waals surface area contributed by atoms with E-state index in [1.807, 2.05) is 17.0 Å². The van der Waals surface area contributed by atoms with Gasteiger partial charge in [0, 0.05) is 11.7 Å². The summed E-state index contributed by atoms with van der Waals surface area (Å²) in [6.45, 7) is 2.12. The maximum atomic E-state index is 8.93. The van der Waals surface area contributed by atoms with Crippen molar-refractivity contribution in [3.63, 3.8) is 0 Å². The zero-order valence-corrected chi connectivity index (χ0v) is 13.6. The number of rotatable bonds is 4. The molecule has 2 rings (SSSR count). The standard InChI is InChI=1S/C18H23N5/c1-14(11-15-5-3-2-4-6-15)23(18(21)22-13-20)17-9-7-16(12-19)8-10-17/h7-10,14-15H,2-6,11H2,1H3,(H2,21,22). The monoisotopic (exact) mass is 309 g/mol. The van der Waals surface area contributed by atoms with E-state index in [1.54, 1.807) is 18.3 Å². The summed E-state index contributed by atoms with van der Waals surface area (Å²) in [5.74, 6) is 0.912. The van der Waals surface area contributed by atoms with Gasteiger partial charge in [-0.25, -0.2) is 0 Å². The lowest BCUT2D eigenvalue weighted by Gasteiger charge is -2.33. The van der Waals surface area contributed by atoms with Gasteiger partial charge in [0.25, 0.3) is 0 Å². The number of anilines is 1. The topological polar surface area (TPSA) is 89.2 Å². The van der Waals surface area contributed by atoms with Crippen molar-refractivity contribution in [2.75, 3.05) is 4.90 Å². The highest BCUT2D eigenvalue weighted by atomic mass is 15.3. The molecule has 1 atom stereocenters. The normalized spacial score (nSPS) is 17.1. The first-order chi connectivity index (χ1) is 11.2. The number of nitrogens with zero attached hydrogens (tertiary/aromatic N) is 4. The van der Waals surface area contributed by atoms with Crippen LogP contribution in [0, 0.1) is 28.7 Å². The van der Waals surface area contributed by atoms with Gasteiger partial charge < -0.3 is 10.6 Å². The first-order valence-corrected chi connectivity index (χ1v) is 8.17. The van der Waals surface area contributed by atoms with Crippen LogP contribution in [-0.2, 0) is 0 Å². The van der Waals surface area contributed by atoms with Gasteiger partial charge in [0.1, 0.15) is 0 Å². The van der Waals surface area contributed by atoms with Crippen LogP contribution in [0.3, 0.4) is 0 Å². The summed E-state index contributed by atoms with van der Waals surface area (Å²) in [5, 5.41) is 17.8. The van der Waals surface area contributed by atoms with Crippen molar-refractivity contribution in [3.05, 3.63) is 29.8 Å². The highest BCUT2D eigenvalue weighted by molar-refractivity contribution is 5.95. The van der Waals surface area contributed by atoms with Crippen LogP contribution in [0.1, 0.15) is 51.0 Å². The van der Waals surface area contributed by atoms with Crippen LogP contribution in [-0.4, -0.2) is 12.0 Å². The second-order valence-corrected chi connectivity index (χ2v) is 6.19. The third-order valence-corrected chi connectivity index (χ3v) is 4.53. The average molecular weight is 309 g/mol. The molecule has 0 radical (unpaired) electrons. The fourth-order valence-corrected chi connectivity index (χ4v) is 3.42. The van der Waals surface area contributed by atoms with Crippen LogP contribution in [0.4, 0.5) is 5.69 Å². The minimum absolute atomic E-state index is 0.156. The summed E-state index contributed by atoms with van der Waals surface area (Å²) in [6.07, 6.45) is 9.27. The van der Waals surface area contributed by atoms with Gasteiger partial charge in [0.05, 0.1) is 11.6 Å². The molecule has 0 spiro atoms. The van der Waals surface area contributed by atoms with Crippen molar-refractivity contribution in [3.8, 4) is 12.3 Å². The summed E-state index contributed by atoms with van der Waals surface area (Å²) in [7, 11) is 0. The minimum Gasteiger partial charge on any atom is -0.369 e. The molecule has 1 unspecified atom stereocenters. The Hall–Kier alpha value is -2.53. The van der Waals surface area contributed by atoms with Gasteiger partial charge in [0.15, 0.2) is 0 Å². The summed E-state index contributed by atoms with van der Waals surface area (Å²) in [5.41, 5.74) is 7.49. The molecule has 1 aromatic carbocycles. The molecule has 120 valence electrons. The third kappa shape index (κ3) is 4.47. The van der Waals surface area contributed by atoms with E-state index in [-0.39, 0.29) is 12.0 Å². The molecule has 1 aromatic rings. The molecule has 0 heterocycles. The molecular formula is C18H23N5. The van der Waals surface area contributed by atoms with Gasteiger partial charge in [-0.15, -0.1) is 4.99 Å². The first-order valence-electron chi connectivity index (χ1n) is 8.17.